The van der Waals surface area contributed by atoms with Gasteiger partial charge in [-0.3, -0.25) is 0 Å². The normalized spacial score (nSPS) is 11.6. The maximum absolute atomic E-state index is 2.54. The van der Waals surface area contributed by atoms with E-state index in [9.17, 15) is 0 Å². The fourth-order valence-corrected chi connectivity index (χ4v) is 8.80. The van der Waals surface area contributed by atoms with Gasteiger partial charge in [-0.2, -0.15) is 0 Å². The Morgan fingerprint density at radius 1 is 0.357 bits per heavy atom. The minimum atomic E-state index is -0.644. The average Bonchev–Trinajstić information content (AvgIpc) is 2.69. The molecule has 0 N–H and O–H groups in total. The molecule has 0 nitrogen and oxygen atoms in total. The molecule has 0 amide bonds. The van der Waals surface area contributed by atoms with Gasteiger partial charge in [0.25, 0.3) is 0 Å². The van der Waals surface area contributed by atoms with Crippen molar-refractivity contribution in [3.05, 3.63) is 0 Å². The summed E-state index contributed by atoms with van der Waals surface area (Å²) in [5.74, 6) is 0. The Balaban J connectivity index is 0. The van der Waals surface area contributed by atoms with Gasteiger partial charge in [0.1, 0.15) is 0 Å². The lowest BCUT2D eigenvalue weighted by atomic mass is 10.1. The summed E-state index contributed by atoms with van der Waals surface area (Å²) in [4.78, 5) is 0. The average molecular weight is 419 g/mol. The Hall–Kier alpha value is 0.360. The molecule has 0 saturated heterocycles. The number of halogens is 1. The lowest BCUT2D eigenvalue weighted by Gasteiger charge is -2.27. The topological polar surface area (TPSA) is 0 Å². The molecular weight excluding hydrogens is 362 g/mol. The van der Waals surface area contributed by atoms with Gasteiger partial charge < -0.3 is 4.70 Å². The summed E-state index contributed by atoms with van der Waals surface area (Å²) in [6.07, 6.45) is 32.9. The Morgan fingerprint density at radius 3 is 0.857 bits per heavy atom. The maximum Gasteiger partial charge on any atom is 0.0594 e. The molecule has 0 heterocycles. The molecule has 0 aromatic rings. The molecule has 0 bridgehead atoms. The van der Waals surface area contributed by atoms with Crippen LogP contribution in [0.15, 0.2) is 0 Å². The summed E-state index contributed by atoms with van der Waals surface area (Å²) < 4.78 is 0. The molecule has 0 fully saturated rings. The first-order chi connectivity index (χ1) is 13.2. The molecule has 0 aliphatic carbocycles. The smallest absolute Gasteiger partial charge is 0.0594 e. The van der Waals surface area contributed by atoms with E-state index in [0.29, 0.717) is 0 Å². The summed E-state index contributed by atoms with van der Waals surface area (Å²) in [6, 6.07) is 0. The van der Waals surface area contributed by atoms with Crippen LogP contribution in [0, 0.1) is 0 Å². The summed E-state index contributed by atoms with van der Waals surface area (Å²) in [6.45, 7) is 9.52. The van der Waals surface area contributed by atoms with Gasteiger partial charge >= 0.3 is 0 Å². The van der Waals surface area contributed by atoms with E-state index >= 15 is 0 Å². The minimum Gasteiger partial charge on any atom is -1.00 e. The summed E-state index contributed by atoms with van der Waals surface area (Å²) in [5.41, 5.74) is 0. The fourth-order valence-electron chi connectivity index (χ4n) is 4.49. The first kappa shape index (κ1) is 30.6. The lowest BCUT2D eigenvalue weighted by molar-refractivity contribution is -0.00000622. The van der Waals surface area contributed by atoms with Crippen LogP contribution in [0.4, 0.5) is 0 Å². The van der Waals surface area contributed by atoms with E-state index < -0.39 is 7.26 Å². The zero-order valence-electron chi connectivity index (χ0n) is 20.4. The quantitative estimate of drug-likeness (QED) is 0.130. The zero-order chi connectivity index (χ0) is 20.1. The van der Waals surface area contributed by atoms with Crippen LogP contribution < -0.4 is 4.70 Å². The van der Waals surface area contributed by atoms with Crippen molar-refractivity contribution in [3.63, 3.8) is 0 Å². The van der Waals surface area contributed by atoms with Crippen molar-refractivity contribution < 1.29 is 4.70 Å². The molecule has 0 aliphatic heterocycles. The molecule has 0 saturated carbocycles. The number of rotatable bonds is 22. The summed E-state index contributed by atoms with van der Waals surface area (Å²) in [7, 11) is -0.644. The van der Waals surface area contributed by atoms with Crippen molar-refractivity contribution in [3.8, 4) is 0 Å². The predicted molar refractivity (Wildman–Crippen MR) is 132 cm³/mol. The van der Waals surface area contributed by atoms with Crippen LogP contribution in [0.3, 0.4) is 0 Å². The van der Waals surface area contributed by atoms with Crippen LogP contribution in [0.25, 0.3) is 0 Å². The van der Waals surface area contributed by atoms with Crippen LogP contribution in [-0.2, 0) is 0 Å². The predicted octanol–water partition coefficient (Wildman–Crippen LogP) is 7.11. The highest BCUT2D eigenvalue weighted by molar-refractivity contribution is 7.75. The van der Waals surface area contributed by atoms with Crippen molar-refractivity contribution >= 4 is 7.26 Å². The van der Waals surface area contributed by atoms with Gasteiger partial charge in [-0.05, 0) is 45.4 Å². The third kappa shape index (κ3) is 18.4. The van der Waals surface area contributed by atoms with Gasteiger partial charge in [-0.15, -0.1) is 0 Å². The second-order valence-corrected chi connectivity index (χ2v) is 13.8. The highest BCUT2D eigenvalue weighted by Gasteiger charge is 2.33. The van der Waals surface area contributed by atoms with Crippen LogP contribution in [0.2, 0.25) is 0 Å². The van der Waals surface area contributed by atoms with E-state index in [1.807, 2.05) is 0 Å². The molecule has 0 rings (SSSR count). The van der Waals surface area contributed by atoms with Gasteiger partial charge in [0, 0.05) is 7.26 Å². The van der Waals surface area contributed by atoms with Crippen LogP contribution in [0.1, 0.15) is 143 Å². The molecule has 0 spiro atoms. The van der Waals surface area contributed by atoms with Crippen molar-refractivity contribution in [1.82, 2.24) is 0 Å². The number of unbranched alkanes of at least 4 members (excludes halogenated alkanes) is 15. The largest absolute Gasteiger partial charge is 1.00 e. The third-order valence-electron chi connectivity index (χ3n) is 6.63. The Labute approximate surface area is 180 Å². The first-order valence-electron chi connectivity index (χ1n) is 13.1. The second kappa shape index (κ2) is 23.6. The monoisotopic (exact) mass is 418 g/mol. The lowest BCUT2D eigenvalue weighted by Crippen LogP contribution is -3.00. The second-order valence-electron chi connectivity index (χ2n) is 9.13. The van der Waals surface area contributed by atoms with Gasteiger partial charge in [0.2, 0.25) is 0 Å². The highest BCUT2D eigenvalue weighted by Crippen LogP contribution is 2.60. The fraction of sp³-hybridized carbons (Fsp3) is 1.00. The van der Waals surface area contributed by atoms with Gasteiger partial charge in [0.05, 0.1) is 24.6 Å². The van der Waals surface area contributed by atoms with Crippen molar-refractivity contribution in [1.29, 1.82) is 0 Å². The van der Waals surface area contributed by atoms with Crippen LogP contribution in [-0.4, -0.2) is 24.6 Å². The van der Waals surface area contributed by atoms with E-state index in [1.165, 1.54) is 122 Å². The van der Waals surface area contributed by atoms with Crippen molar-refractivity contribution in [2.75, 3.05) is 24.6 Å². The van der Waals surface area contributed by atoms with Crippen LogP contribution in [0.5, 0.6) is 0 Å². The molecular formula is C26H56FP. The molecule has 0 aromatic carbocycles. The van der Waals surface area contributed by atoms with Crippen molar-refractivity contribution in [2.45, 2.75) is 143 Å². The van der Waals surface area contributed by atoms with E-state index in [1.54, 1.807) is 18.5 Å². The molecule has 2 heteroatoms. The third-order valence-corrected chi connectivity index (χ3v) is 11.8. The van der Waals surface area contributed by atoms with E-state index in [4.69, 9.17) is 0 Å². The number of hydrogen-bond acceptors (Lipinski definition) is 0. The highest BCUT2D eigenvalue weighted by atomic mass is 31.2. The Kier molecular flexibility index (Phi) is 25.8. The van der Waals surface area contributed by atoms with Gasteiger partial charge in [-0.25, -0.2) is 0 Å². The standard InChI is InChI=1S/C26H56P.FH/c1-5-9-12-15-18-21-24-27(8-4,25-22-19-16-13-10-6-2)26-23-20-17-14-11-7-3;/h5-26H2,1-4H3;1H/q+1;/p-1. The van der Waals surface area contributed by atoms with Crippen molar-refractivity contribution in [2.24, 2.45) is 0 Å². The molecule has 28 heavy (non-hydrogen) atoms. The molecule has 0 aliphatic rings. The molecule has 0 aromatic heterocycles. The van der Waals surface area contributed by atoms with E-state index in [0.717, 1.165) is 0 Å². The van der Waals surface area contributed by atoms with E-state index in [-0.39, 0.29) is 4.70 Å². The molecule has 0 unspecified atom stereocenters. The SMILES string of the molecule is CCCCCCCC[P+](CC)(CCCCCCCC)CCCCCCCC.[F-]. The number of hydrogen-bond donors (Lipinski definition) is 0. The molecule has 0 atom stereocenters. The maximum atomic E-state index is 2.54. The van der Waals surface area contributed by atoms with E-state index in [2.05, 4.69) is 27.7 Å². The first-order valence-corrected chi connectivity index (χ1v) is 15.6. The molecule has 172 valence electrons. The Bertz CT molecular complexity index is 239. The Morgan fingerprint density at radius 2 is 0.607 bits per heavy atom. The summed E-state index contributed by atoms with van der Waals surface area (Å²) in [5, 5.41) is 0. The van der Waals surface area contributed by atoms with Gasteiger partial charge in [0.15, 0.2) is 0 Å². The van der Waals surface area contributed by atoms with Crippen LogP contribution >= 0.6 is 7.26 Å². The van der Waals surface area contributed by atoms with Gasteiger partial charge in [-0.1, -0.05) is 97.8 Å². The molecule has 0 radical (unpaired) electrons. The minimum absolute atomic E-state index is 0. The summed E-state index contributed by atoms with van der Waals surface area (Å²) >= 11 is 0. The zero-order valence-corrected chi connectivity index (χ0v) is 21.3.